The van der Waals surface area contributed by atoms with E-state index >= 15 is 0 Å². The fourth-order valence-corrected chi connectivity index (χ4v) is 2.22. The van der Waals surface area contributed by atoms with E-state index in [-0.39, 0.29) is 6.04 Å². The summed E-state index contributed by atoms with van der Waals surface area (Å²) >= 11 is 0. The first-order valence-electron chi connectivity index (χ1n) is 5.39. The van der Waals surface area contributed by atoms with Crippen LogP contribution in [-0.2, 0) is 10.8 Å². The average molecular weight is 241 g/mol. The summed E-state index contributed by atoms with van der Waals surface area (Å²) < 4.78 is 16.5. The van der Waals surface area contributed by atoms with E-state index in [0.29, 0.717) is 12.4 Å². The van der Waals surface area contributed by atoms with Crippen molar-refractivity contribution in [1.29, 1.82) is 0 Å². The number of benzene rings is 1. The van der Waals surface area contributed by atoms with Gasteiger partial charge in [-0.3, -0.25) is 4.21 Å². The third-order valence-corrected chi connectivity index (χ3v) is 3.06. The predicted molar refractivity (Wildman–Crippen MR) is 68.3 cm³/mol. The van der Waals surface area contributed by atoms with Gasteiger partial charge in [-0.15, -0.1) is 0 Å². The Hall–Kier alpha value is -0.870. The Balaban J connectivity index is 2.10. The molecule has 3 nitrogen and oxygen atoms in total. The third kappa shape index (κ3) is 5.88. The van der Waals surface area contributed by atoms with E-state index < -0.39 is 10.8 Å². The van der Waals surface area contributed by atoms with E-state index in [1.165, 1.54) is 0 Å². The van der Waals surface area contributed by atoms with Crippen molar-refractivity contribution >= 4 is 10.8 Å². The third-order valence-electron chi connectivity index (χ3n) is 2.09. The van der Waals surface area contributed by atoms with Crippen molar-refractivity contribution < 1.29 is 8.95 Å². The monoisotopic (exact) mass is 241 g/mol. The largest absolute Gasteiger partial charge is 0.492 e. The molecule has 0 saturated carbocycles. The van der Waals surface area contributed by atoms with Crippen LogP contribution in [0.15, 0.2) is 30.3 Å². The molecule has 1 N–H and O–H groups in total. The minimum atomic E-state index is -0.740. The fourth-order valence-electron chi connectivity index (χ4n) is 1.40. The molecule has 2 atom stereocenters. The molecule has 1 aromatic carbocycles. The van der Waals surface area contributed by atoms with Crippen LogP contribution in [0.2, 0.25) is 0 Å². The van der Waals surface area contributed by atoms with Crippen molar-refractivity contribution in [2.24, 2.45) is 0 Å². The van der Waals surface area contributed by atoms with Crippen LogP contribution in [0.25, 0.3) is 0 Å². The second-order valence-electron chi connectivity index (χ2n) is 3.76. The molecular formula is C12H19NO2S. The van der Waals surface area contributed by atoms with Crippen LogP contribution < -0.4 is 10.1 Å². The van der Waals surface area contributed by atoms with Crippen LogP contribution in [0.4, 0.5) is 0 Å². The lowest BCUT2D eigenvalue weighted by atomic mass is 10.3. The van der Waals surface area contributed by atoms with Crippen molar-refractivity contribution in [2.75, 3.05) is 25.2 Å². The maximum atomic E-state index is 10.9. The summed E-state index contributed by atoms with van der Waals surface area (Å²) in [5, 5.41) is 3.27. The first-order valence-corrected chi connectivity index (χ1v) is 7.12. The van der Waals surface area contributed by atoms with E-state index in [0.717, 1.165) is 12.3 Å². The van der Waals surface area contributed by atoms with E-state index in [1.807, 2.05) is 37.3 Å². The SMILES string of the molecule is CC(CS(C)=O)NCCOc1ccccc1. The predicted octanol–water partition coefficient (Wildman–Crippen LogP) is 1.42. The van der Waals surface area contributed by atoms with E-state index in [2.05, 4.69) is 5.32 Å². The van der Waals surface area contributed by atoms with Crippen molar-refractivity contribution in [3.8, 4) is 5.75 Å². The van der Waals surface area contributed by atoms with Gasteiger partial charge in [0.05, 0.1) is 0 Å². The zero-order valence-corrected chi connectivity index (χ0v) is 10.6. The van der Waals surface area contributed by atoms with Crippen LogP contribution >= 0.6 is 0 Å². The fraction of sp³-hybridized carbons (Fsp3) is 0.500. The lowest BCUT2D eigenvalue weighted by Gasteiger charge is -2.12. The second kappa shape index (κ2) is 7.41. The average Bonchev–Trinajstić information content (AvgIpc) is 2.25. The van der Waals surface area contributed by atoms with Crippen LogP contribution in [0.5, 0.6) is 5.75 Å². The van der Waals surface area contributed by atoms with Crippen molar-refractivity contribution in [1.82, 2.24) is 5.32 Å². The van der Waals surface area contributed by atoms with E-state index in [1.54, 1.807) is 6.26 Å². The van der Waals surface area contributed by atoms with Gasteiger partial charge in [0.2, 0.25) is 0 Å². The number of hydrogen-bond acceptors (Lipinski definition) is 3. The molecule has 1 aromatic rings. The van der Waals surface area contributed by atoms with Gasteiger partial charge in [-0.1, -0.05) is 18.2 Å². The molecule has 90 valence electrons. The number of hydrogen-bond donors (Lipinski definition) is 1. The second-order valence-corrected chi connectivity index (χ2v) is 5.24. The minimum Gasteiger partial charge on any atom is -0.492 e. The molecule has 0 aliphatic carbocycles. The standard InChI is InChI=1S/C12H19NO2S/c1-11(10-16(2)14)13-8-9-15-12-6-4-3-5-7-12/h3-7,11,13H,8-10H2,1-2H3. The van der Waals surface area contributed by atoms with Gasteiger partial charge in [0.1, 0.15) is 12.4 Å². The maximum absolute atomic E-state index is 10.9. The van der Waals surface area contributed by atoms with Crippen molar-refractivity contribution in [2.45, 2.75) is 13.0 Å². The molecule has 0 radical (unpaired) electrons. The molecule has 0 aliphatic rings. The first kappa shape index (κ1) is 13.2. The summed E-state index contributed by atoms with van der Waals surface area (Å²) in [5.41, 5.74) is 0. The Morgan fingerprint density at radius 3 is 2.69 bits per heavy atom. The zero-order valence-electron chi connectivity index (χ0n) is 9.81. The zero-order chi connectivity index (χ0) is 11.8. The van der Waals surface area contributed by atoms with Crippen LogP contribution in [0.1, 0.15) is 6.92 Å². The molecule has 0 amide bonds. The van der Waals surface area contributed by atoms with Crippen LogP contribution in [0.3, 0.4) is 0 Å². The molecule has 0 heterocycles. The summed E-state index contributed by atoms with van der Waals surface area (Å²) in [6, 6.07) is 10.0. The van der Waals surface area contributed by atoms with Crippen LogP contribution in [-0.4, -0.2) is 35.4 Å². The highest BCUT2D eigenvalue weighted by Crippen LogP contribution is 2.07. The molecule has 0 aromatic heterocycles. The Kier molecular flexibility index (Phi) is 6.11. The summed E-state index contributed by atoms with van der Waals surface area (Å²) in [4.78, 5) is 0. The molecule has 0 aliphatic heterocycles. The first-order chi connectivity index (χ1) is 7.68. The highest BCUT2D eigenvalue weighted by molar-refractivity contribution is 7.84. The molecule has 0 spiro atoms. The summed E-state index contributed by atoms with van der Waals surface area (Å²) in [5.74, 6) is 1.57. The topological polar surface area (TPSA) is 38.3 Å². The molecule has 16 heavy (non-hydrogen) atoms. The molecule has 0 fully saturated rings. The molecule has 4 heteroatoms. The Morgan fingerprint density at radius 2 is 2.06 bits per heavy atom. The van der Waals surface area contributed by atoms with E-state index in [4.69, 9.17) is 4.74 Å². The van der Waals surface area contributed by atoms with Crippen LogP contribution in [0, 0.1) is 0 Å². The highest BCUT2D eigenvalue weighted by atomic mass is 32.2. The maximum Gasteiger partial charge on any atom is 0.119 e. The molecule has 0 bridgehead atoms. The lowest BCUT2D eigenvalue weighted by Crippen LogP contribution is -2.34. The molecule has 0 saturated heterocycles. The van der Waals surface area contributed by atoms with Gasteiger partial charge >= 0.3 is 0 Å². The van der Waals surface area contributed by atoms with Gasteiger partial charge in [0, 0.05) is 35.4 Å². The van der Waals surface area contributed by atoms with E-state index in [9.17, 15) is 4.21 Å². The minimum absolute atomic E-state index is 0.269. The normalized spacial score (nSPS) is 14.4. The van der Waals surface area contributed by atoms with Gasteiger partial charge in [0.25, 0.3) is 0 Å². The Labute approximate surface area is 99.7 Å². The molecule has 2 unspecified atom stereocenters. The highest BCUT2D eigenvalue weighted by Gasteiger charge is 2.02. The Bertz CT molecular complexity index is 316. The summed E-state index contributed by atoms with van der Waals surface area (Å²) in [7, 11) is -0.740. The smallest absolute Gasteiger partial charge is 0.119 e. The van der Waals surface area contributed by atoms with Crippen molar-refractivity contribution in [3.63, 3.8) is 0 Å². The van der Waals surface area contributed by atoms with Crippen molar-refractivity contribution in [3.05, 3.63) is 30.3 Å². The Morgan fingerprint density at radius 1 is 1.38 bits per heavy atom. The number of ether oxygens (including phenoxy) is 1. The van der Waals surface area contributed by atoms with Gasteiger partial charge in [-0.2, -0.15) is 0 Å². The quantitative estimate of drug-likeness (QED) is 0.734. The van der Waals surface area contributed by atoms with Gasteiger partial charge in [0.15, 0.2) is 0 Å². The summed E-state index contributed by atoms with van der Waals surface area (Å²) in [6.07, 6.45) is 1.72. The van der Waals surface area contributed by atoms with Gasteiger partial charge < -0.3 is 10.1 Å². The number of para-hydroxylation sites is 1. The van der Waals surface area contributed by atoms with Gasteiger partial charge in [-0.05, 0) is 19.1 Å². The summed E-state index contributed by atoms with van der Waals surface area (Å²) in [6.45, 7) is 3.43. The van der Waals surface area contributed by atoms with Gasteiger partial charge in [-0.25, -0.2) is 0 Å². The number of nitrogens with one attached hydrogen (secondary N) is 1. The number of rotatable bonds is 7. The lowest BCUT2D eigenvalue weighted by molar-refractivity contribution is 0.309. The molecular weight excluding hydrogens is 222 g/mol. The molecule has 1 rings (SSSR count).